The molecule has 0 radical (unpaired) electrons. The van der Waals surface area contributed by atoms with Crippen molar-refractivity contribution >= 4 is 18.0 Å². The van der Waals surface area contributed by atoms with Gasteiger partial charge in [-0.15, -0.1) is 0 Å². The fourth-order valence-electron chi connectivity index (χ4n) is 4.29. The molecule has 0 spiro atoms. The van der Waals surface area contributed by atoms with E-state index in [4.69, 9.17) is 10.1 Å². The first-order chi connectivity index (χ1) is 15.6. The number of rotatable bonds is 2. The predicted molar refractivity (Wildman–Crippen MR) is 122 cm³/mol. The number of alkyl halides is 2. The molecular formula is C25H35F2N3O3. The topological polar surface area (TPSA) is 90.3 Å². The van der Waals surface area contributed by atoms with Crippen molar-refractivity contribution in [2.75, 3.05) is 7.05 Å². The van der Waals surface area contributed by atoms with Gasteiger partial charge in [0, 0.05) is 38.3 Å². The molecule has 33 heavy (non-hydrogen) atoms. The zero-order valence-electron chi connectivity index (χ0n) is 20.2. The van der Waals surface area contributed by atoms with Crippen LogP contribution >= 0.6 is 0 Å². The van der Waals surface area contributed by atoms with Crippen LogP contribution in [-0.4, -0.2) is 41.9 Å². The summed E-state index contributed by atoms with van der Waals surface area (Å²) < 4.78 is 26.3. The van der Waals surface area contributed by atoms with Gasteiger partial charge in [0.25, 0.3) is 0 Å². The summed E-state index contributed by atoms with van der Waals surface area (Å²) >= 11 is 0. The standard InChI is InChI=1S/C11H12F2N2O2.C10H13N.C2H4O.C2H6/c12-11(13)3-6(5-14)7(4-11)10(17)8-1-2-9(16)15-8;1-8-4-3-5-9-6-11(2)7-10(8)9;1-2-3;1-2/h6-8H,1-4H2,(H,15,16);3-5H,6-7H2,1-2H3;2H,1H3;1-2H3/t6?,7?,8-;;;/m0.../s1. The predicted octanol–water partition coefficient (Wildman–Crippen LogP) is 4.19. The quantitative estimate of drug-likeness (QED) is 0.664. The lowest BCUT2D eigenvalue weighted by Crippen LogP contribution is -2.38. The fourth-order valence-corrected chi connectivity index (χ4v) is 4.29. The molecule has 8 heteroatoms. The number of hydrogen-bond donors (Lipinski definition) is 1. The molecule has 1 aliphatic carbocycles. The average Bonchev–Trinajstić information content (AvgIpc) is 3.46. The summed E-state index contributed by atoms with van der Waals surface area (Å²) in [7, 11) is 2.17. The second-order valence-electron chi connectivity index (χ2n) is 8.29. The fraction of sp³-hybridized carbons (Fsp3) is 0.600. The van der Waals surface area contributed by atoms with E-state index in [9.17, 15) is 18.4 Å². The molecule has 4 rings (SSSR count). The Morgan fingerprint density at radius 3 is 2.42 bits per heavy atom. The molecule has 182 valence electrons. The highest BCUT2D eigenvalue weighted by Gasteiger charge is 2.51. The van der Waals surface area contributed by atoms with E-state index in [1.165, 1.54) is 23.6 Å². The van der Waals surface area contributed by atoms with Crippen LogP contribution in [-0.2, 0) is 27.5 Å². The van der Waals surface area contributed by atoms with Gasteiger partial charge in [-0.25, -0.2) is 8.78 Å². The lowest BCUT2D eigenvalue weighted by Gasteiger charge is -2.16. The molecule has 0 bridgehead atoms. The van der Waals surface area contributed by atoms with Gasteiger partial charge >= 0.3 is 0 Å². The second-order valence-corrected chi connectivity index (χ2v) is 8.29. The van der Waals surface area contributed by atoms with Crippen LogP contribution in [0.5, 0.6) is 0 Å². The number of aldehydes is 1. The number of amides is 1. The highest BCUT2D eigenvalue weighted by Crippen LogP contribution is 2.44. The van der Waals surface area contributed by atoms with Gasteiger partial charge in [-0.2, -0.15) is 5.26 Å². The molecule has 1 N–H and O–H groups in total. The number of carbonyl (C=O) groups excluding carboxylic acids is 3. The van der Waals surface area contributed by atoms with Crippen LogP contribution < -0.4 is 5.32 Å². The smallest absolute Gasteiger partial charge is 0.250 e. The average molecular weight is 464 g/mol. The van der Waals surface area contributed by atoms with Gasteiger partial charge in [-0.1, -0.05) is 32.0 Å². The summed E-state index contributed by atoms with van der Waals surface area (Å²) in [5, 5.41) is 11.2. The van der Waals surface area contributed by atoms with E-state index in [0.29, 0.717) is 6.42 Å². The highest BCUT2D eigenvalue weighted by molar-refractivity contribution is 5.93. The minimum absolute atomic E-state index is 0.235. The van der Waals surface area contributed by atoms with Crippen LogP contribution in [0.1, 0.15) is 63.1 Å². The Hall–Kier alpha value is -2.66. The Morgan fingerprint density at radius 1 is 1.27 bits per heavy atom. The number of fused-ring (bicyclic) bond motifs is 1. The highest BCUT2D eigenvalue weighted by atomic mass is 19.3. The van der Waals surface area contributed by atoms with E-state index in [0.717, 1.165) is 19.4 Å². The number of aryl methyl sites for hydroxylation is 1. The van der Waals surface area contributed by atoms with Gasteiger partial charge in [-0.3, -0.25) is 14.5 Å². The van der Waals surface area contributed by atoms with E-state index >= 15 is 0 Å². The molecule has 1 amide bonds. The first kappa shape index (κ1) is 28.4. The van der Waals surface area contributed by atoms with Gasteiger partial charge in [0.2, 0.25) is 11.8 Å². The number of halogens is 2. The Balaban J connectivity index is 0.000000292. The summed E-state index contributed by atoms with van der Waals surface area (Å²) in [6, 6.07) is 7.66. The lowest BCUT2D eigenvalue weighted by atomic mass is 9.89. The second kappa shape index (κ2) is 13.1. The van der Waals surface area contributed by atoms with E-state index in [2.05, 4.69) is 42.4 Å². The Kier molecular flexibility index (Phi) is 11.3. The summed E-state index contributed by atoms with van der Waals surface area (Å²) in [6.07, 6.45) is 0.214. The van der Waals surface area contributed by atoms with Crippen LogP contribution in [0.2, 0.25) is 0 Å². The first-order valence-corrected chi connectivity index (χ1v) is 11.4. The van der Waals surface area contributed by atoms with Gasteiger partial charge in [0.1, 0.15) is 6.29 Å². The first-order valence-electron chi connectivity index (χ1n) is 11.4. The summed E-state index contributed by atoms with van der Waals surface area (Å²) in [5.41, 5.74) is 4.48. The van der Waals surface area contributed by atoms with Crippen molar-refractivity contribution in [3.05, 3.63) is 34.9 Å². The maximum atomic E-state index is 13.2. The van der Waals surface area contributed by atoms with Crippen molar-refractivity contribution in [1.82, 2.24) is 10.2 Å². The minimum atomic E-state index is -2.94. The third-order valence-corrected chi connectivity index (χ3v) is 5.77. The van der Waals surface area contributed by atoms with E-state index in [1.807, 2.05) is 13.8 Å². The number of ketones is 1. The Bertz CT molecular complexity index is 867. The maximum absolute atomic E-state index is 13.2. The van der Waals surface area contributed by atoms with Crippen LogP contribution in [0.3, 0.4) is 0 Å². The number of nitrogens with zero attached hydrogens (tertiary/aromatic N) is 2. The van der Waals surface area contributed by atoms with Crippen LogP contribution in [0, 0.1) is 30.1 Å². The third-order valence-electron chi connectivity index (χ3n) is 5.77. The SMILES string of the molecule is CC.CC=O.Cc1cccc2c1CN(C)C2.N#CC1CC(F)(F)CC1C(=O)[C@@H]1CCC(=O)N1. The molecule has 1 aromatic carbocycles. The molecule has 2 unspecified atom stereocenters. The number of Topliss-reactive ketones (excluding diaryl/α,β-unsaturated/α-hetero) is 1. The van der Waals surface area contributed by atoms with E-state index in [1.54, 1.807) is 6.07 Å². The van der Waals surface area contributed by atoms with Gasteiger partial charge < -0.3 is 10.1 Å². The molecule has 2 heterocycles. The van der Waals surface area contributed by atoms with Crippen LogP contribution in [0.15, 0.2) is 18.2 Å². The molecule has 0 aromatic heterocycles. The molecule has 3 aliphatic rings. The largest absolute Gasteiger partial charge is 0.346 e. The van der Waals surface area contributed by atoms with Gasteiger partial charge in [0.05, 0.1) is 18.0 Å². The molecule has 2 aliphatic heterocycles. The normalized spacial score (nSPS) is 24.4. The molecular weight excluding hydrogens is 428 g/mol. The van der Waals surface area contributed by atoms with Crippen molar-refractivity contribution in [1.29, 1.82) is 5.26 Å². The summed E-state index contributed by atoms with van der Waals surface area (Å²) in [6.45, 7) is 9.89. The molecule has 2 fully saturated rings. The monoisotopic (exact) mass is 463 g/mol. The minimum Gasteiger partial charge on any atom is -0.346 e. The number of nitriles is 1. The van der Waals surface area contributed by atoms with Crippen LogP contribution in [0.25, 0.3) is 0 Å². The molecule has 1 saturated carbocycles. The third kappa shape index (κ3) is 8.01. The molecule has 1 aromatic rings. The Morgan fingerprint density at radius 2 is 1.91 bits per heavy atom. The van der Waals surface area contributed by atoms with Crippen molar-refractivity contribution in [2.24, 2.45) is 11.8 Å². The Labute approximate surface area is 195 Å². The van der Waals surface area contributed by atoms with Gasteiger partial charge in [0.15, 0.2) is 5.78 Å². The van der Waals surface area contributed by atoms with Crippen molar-refractivity contribution < 1.29 is 23.2 Å². The van der Waals surface area contributed by atoms with E-state index in [-0.39, 0.29) is 12.3 Å². The number of hydrogen-bond acceptors (Lipinski definition) is 5. The van der Waals surface area contributed by atoms with E-state index < -0.39 is 42.4 Å². The maximum Gasteiger partial charge on any atom is 0.250 e. The summed E-state index contributed by atoms with van der Waals surface area (Å²) in [5.74, 6) is -5.47. The summed E-state index contributed by atoms with van der Waals surface area (Å²) in [4.78, 5) is 34.1. The van der Waals surface area contributed by atoms with Crippen LogP contribution in [0.4, 0.5) is 8.78 Å². The lowest BCUT2D eigenvalue weighted by molar-refractivity contribution is -0.128. The number of nitrogens with one attached hydrogen (secondary N) is 1. The van der Waals surface area contributed by atoms with Crippen molar-refractivity contribution in [3.63, 3.8) is 0 Å². The zero-order chi connectivity index (χ0) is 25.2. The number of benzene rings is 1. The zero-order valence-corrected chi connectivity index (χ0v) is 20.2. The van der Waals surface area contributed by atoms with Crippen molar-refractivity contribution in [2.45, 2.75) is 78.4 Å². The van der Waals surface area contributed by atoms with Gasteiger partial charge in [-0.05, 0) is 44.0 Å². The molecule has 1 saturated heterocycles. The molecule has 6 nitrogen and oxygen atoms in total. The molecule has 3 atom stereocenters. The van der Waals surface area contributed by atoms with Crippen molar-refractivity contribution in [3.8, 4) is 6.07 Å². The number of carbonyl (C=O) groups is 3.